The summed E-state index contributed by atoms with van der Waals surface area (Å²) >= 11 is 0. The Hall–Kier alpha value is -1.10. The maximum absolute atomic E-state index is 12.3. The standard InChI is InChI=1S/C15H28N2O3/c1-11(14(19)16-15(2,3)4)17-9-7-6-8-12(17)10-13(18)20-5/h11-12H,6-10H2,1-5H3,(H,16,19). The number of esters is 1. The second kappa shape index (κ2) is 7.07. The number of carbonyl (C=O) groups is 2. The van der Waals surface area contributed by atoms with Crippen LogP contribution in [0, 0.1) is 0 Å². The van der Waals surface area contributed by atoms with E-state index in [-0.39, 0.29) is 29.5 Å². The van der Waals surface area contributed by atoms with E-state index < -0.39 is 0 Å². The Bertz CT molecular complexity index is 350. The molecule has 1 aliphatic rings. The lowest BCUT2D eigenvalue weighted by Crippen LogP contribution is -2.55. The number of carbonyl (C=O) groups excluding carboxylic acids is 2. The van der Waals surface area contributed by atoms with Crippen LogP contribution in [0.2, 0.25) is 0 Å². The Balaban J connectivity index is 2.68. The Morgan fingerprint density at radius 2 is 2.00 bits per heavy atom. The monoisotopic (exact) mass is 284 g/mol. The van der Waals surface area contributed by atoms with E-state index in [9.17, 15) is 9.59 Å². The number of rotatable bonds is 4. The quantitative estimate of drug-likeness (QED) is 0.798. The molecule has 2 unspecified atom stereocenters. The fourth-order valence-corrected chi connectivity index (χ4v) is 2.65. The average Bonchev–Trinajstić information content (AvgIpc) is 2.36. The maximum Gasteiger partial charge on any atom is 0.307 e. The third-order valence-corrected chi connectivity index (χ3v) is 3.68. The molecular weight excluding hydrogens is 256 g/mol. The number of hydrogen-bond donors (Lipinski definition) is 1. The van der Waals surface area contributed by atoms with Crippen LogP contribution >= 0.6 is 0 Å². The van der Waals surface area contributed by atoms with Crippen LogP contribution in [0.25, 0.3) is 0 Å². The fraction of sp³-hybridized carbons (Fsp3) is 0.867. The predicted octanol–water partition coefficient (Wildman–Crippen LogP) is 1.71. The molecule has 0 spiro atoms. The zero-order chi connectivity index (χ0) is 15.3. The van der Waals surface area contributed by atoms with Crippen LogP contribution in [0.1, 0.15) is 53.4 Å². The third kappa shape index (κ3) is 5.12. The van der Waals surface area contributed by atoms with Crippen LogP contribution in [0.3, 0.4) is 0 Å². The van der Waals surface area contributed by atoms with E-state index in [4.69, 9.17) is 4.74 Å². The molecule has 0 aromatic heterocycles. The molecule has 1 rings (SSSR count). The van der Waals surface area contributed by atoms with Crippen molar-refractivity contribution >= 4 is 11.9 Å². The van der Waals surface area contributed by atoms with Crippen molar-refractivity contribution in [2.75, 3.05) is 13.7 Å². The first-order valence-corrected chi connectivity index (χ1v) is 7.39. The summed E-state index contributed by atoms with van der Waals surface area (Å²) in [6.45, 7) is 8.69. The van der Waals surface area contributed by atoms with E-state index in [0.29, 0.717) is 6.42 Å². The summed E-state index contributed by atoms with van der Waals surface area (Å²) in [5.74, 6) is -0.181. The molecule has 1 fully saturated rings. The van der Waals surface area contributed by atoms with Crippen LogP contribution in [0.15, 0.2) is 0 Å². The summed E-state index contributed by atoms with van der Waals surface area (Å²) in [6, 6.07) is -0.110. The largest absolute Gasteiger partial charge is 0.469 e. The minimum Gasteiger partial charge on any atom is -0.469 e. The predicted molar refractivity (Wildman–Crippen MR) is 78.3 cm³/mol. The van der Waals surface area contributed by atoms with Gasteiger partial charge in [0, 0.05) is 11.6 Å². The Morgan fingerprint density at radius 3 is 2.55 bits per heavy atom. The lowest BCUT2D eigenvalue weighted by molar-refractivity contribution is -0.143. The molecule has 0 aliphatic carbocycles. The first kappa shape index (κ1) is 17.0. The summed E-state index contributed by atoms with van der Waals surface area (Å²) in [6.07, 6.45) is 3.49. The number of methoxy groups -OCH3 is 1. The van der Waals surface area contributed by atoms with Gasteiger partial charge in [0.05, 0.1) is 19.6 Å². The number of hydrogen-bond acceptors (Lipinski definition) is 4. The van der Waals surface area contributed by atoms with Gasteiger partial charge >= 0.3 is 5.97 Å². The molecule has 5 nitrogen and oxygen atoms in total. The molecular formula is C15H28N2O3. The van der Waals surface area contributed by atoms with Gasteiger partial charge in [-0.25, -0.2) is 0 Å². The van der Waals surface area contributed by atoms with Crippen molar-refractivity contribution in [3.05, 3.63) is 0 Å². The molecule has 0 saturated carbocycles. The van der Waals surface area contributed by atoms with E-state index in [1.54, 1.807) is 0 Å². The smallest absolute Gasteiger partial charge is 0.307 e. The fourth-order valence-electron chi connectivity index (χ4n) is 2.65. The Kier molecular flexibility index (Phi) is 5.99. The number of nitrogens with zero attached hydrogens (tertiary/aromatic N) is 1. The molecule has 1 saturated heterocycles. The zero-order valence-corrected chi connectivity index (χ0v) is 13.4. The van der Waals surface area contributed by atoms with Gasteiger partial charge in [-0.1, -0.05) is 6.42 Å². The molecule has 0 bridgehead atoms. The number of nitrogens with one attached hydrogen (secondary N) is 1. The van der Waals surface area contributed by atoms with Gasteiger partial charge in [-0.05, 0) is 47.1 Å². The molecule has 1 N–H and O–H groups in total. The van der Waals surface area contributed by atoms with Gasteiger partial charge in [0.1, 0.15) is 0 Å². The summed E-state index contributed by atoms with van der Waals surface area (Å²) in [5.41, 5.74) is -0.237. The van der Waals surface area contributed by atoms with Gasteiger partial charge in [-0.3, -0.25) is 14.5 Å². The Morgan fingerprint density at radius 1 is 1.35 bits per heavy atom. The zero-order valence-electron chi connectivity index (χ0n) is 13.4. The molecule has 1 heterocycles. The highest BCUT2D eigenvalue weighted by Crippen LogP contribution is 2.22. The van der Waals surface area contributed by atoms with Crippen LogP contribution in [-0.2, 0) is 14.3 Å². The van der Waals surface area contributed by atoms with Gasteiger partial charge in [0.25, 0.3) is 0 Å². The lowest BCUT2D eigenvalue weighted by Gasteiger charge is -2.39. The normalized spacial score (nSPS) is 22.1. The lowest BCUT2D eigenvalue weighted by atomic mass is 9.97. The number of ether oxygens (including phenoxy) is 1. The SMILES string of the molecule is COC(=O)CC1CCCCN1C(C)C(=O)NC(C)(C)C. The molecule has 1 aliphatic heterocycles. The van der Waals surface area contributed by atoms with E-state index in [0.717, 1.165) is 25.8 Å². The number of piperidine rings is 1. The van der Waals surface area contributed by atoms with Crippen molar-refractivity contribution in [2.24, 2.45) is 0 Å². The first-order chi connectivity index (χ1) is 9.24. The molecule has 2 atom stereocenters. The van der Waals surface area contributed by atoms with Crippen LogP contribution in [0.5, 0.6) is 0 Å². The second-order valence-electron chi connectivity index (χ2n) is 6.58. The van der Waals surface area contributed by atoms with Gasteiger partial charge in [-0.15, -0.1) is 0 Å². The minimum absolute atomic E-state index is 0.0225. The maximum atomic E-state index is 12.3. The van der Waals surface area contributed by atoms with Crippen molar-refractivity contribution in [1.29, 1.82) is 0 Å². The van der Waals surface area contributed by atoms with Crippen molar-refractivity contribution in [3.8, 4) is 0 Å². The van der Waals surface area contributed by atoms with Gasteiger partial charge in [-0.2, -0.15) is 0 Å². The summed E-state index contributed by atoms with van der Waals surface area (Å²) in [7, 11) is 1.41. The topological polar surface area (TPSA) is 58.6 Å². The summed E-state index contributed by atoms with van der Waals surface area (Å²) in [5, 5.41) is 3.01. The van der Waals surface area contributed by atoms with Crippen molar-refractivity contribution < 1.29 is 14.3 Å². The molecule has 0 radical (unpaired) electrons. The molecule has 0 aromatic rings. The summed E-state index contributed by atoms with van der Waals surface area (Å²) < 4.78 is 4.76. The minimum atomic E-state index is -0.237. The molecule has 5 heteroatoms. The first-order valence-electron chi connectivity index (χ1n) is 7.39. The van der Waals surface area contributed by atoms with Crippen molar-refractivity contribution in [3.63, 3.8) is 0 Å². The van der Waals surface area contributed by atoms with Crippen molar-refractivity contribution in [1.82, 2.24) is 10.2 Å². The van der Waals surface area contributed by atoms with E-state index in [1.807, 2.05) is 27.7 Å². The van der Waals surface area contributed by atoms with Crippen molar-refractivity contribution in [2.45, 2.75) is 71.0 Å². The average molecular weight is 284 g/mol. The summed E-state index contributed by atoms with van der Waals surface area (Å²) in [4.78, 5) is 25.9. The number of likely N-dealkylation sites (tertiary alicyclic amines) is 1. The molecule has 20 heavy (non-hydrogen) atoms. The van der Waals surface area contributed by atoms with E-state index in [1.165, 1.54) is 7.11 Å². The Labute approximate surface area is 122 Å². The van der Waals surface area contributed by atoms with Gasteiger partial charge in [0.2, 0.25) is 5.91 Å². The highest BCUT2D eigenvalue weighted by molar-refractivity contribution is 5.82. The molecule has 1 amide bonds. The van der Waals surface area contributed by atoms with Crippen LogP contribution < -0.4 is 5.32 Å². The van der Waals surface area contributed by atoms with E-state index >= 15 is 0 Å². The van der Waals surface area contributed by atoms with Crippen LogP contribution in [-0.4, -0.2) is 48.1 Å². The molecule has 116 valence electrons. The molecule has 0 aromatic carbocycles. The van der Waals surface area contributed by atoms with Crippen LogP contribution in [0.4, 0.5) is 0 Å². The highest BCUT2D eigenvalue weighted by atomic mass is 16.5. The second-order valence-corrected chi connectivity index (χ2v) is 6.58. The van der Waals surface area contributed by atoms with Gasteiger partial charge in [0.15, 0.2) is 0 Å². The highest BCUT2D eigenvalue weighted by Gasteiger charge is 2.32. The van der Waals surface area contributed by atoms with Gasteiger partial charge < -0.3 is 10.1 Å². The third-order valence-electron chi connectivity index (χ3n) is 3.68. The number of amides is 1. The van der Waals surface area contributed by atoms with E-state index in [2.05, 4.69) is 10.2 Å².